The van der Waals surface area contributed by atoms with E-state index in [0.29, 0.717) is 24.6 Å². The van der Waals surface area contributed by atoms with Gasteiger partial charge >= 0.3 is 0 Å². The van der Waals surface area contributed by atoms with E-state index < -0.39 is 0 Å². The molecule has 0 unspecified atom stereocenters. The Bertz CT molecular complexity index is 680. The average Bonchev–Trinajstić information content (AvgIpc) is 2.58. The predicted octanol–water partition coefficient (Wildman–Crippen LogP) is 4.08. The Morgan fingerprint density at radius 1 is 1.12 bits per heavy atom. The van der Waals surface area contributed by atoms with Gasteiger partial charge < -0.3 is 15.4 Å². The fourth-order valence-corrected chi connectivity index (χ4v) is 2.42. The first-order valence-electron chi connectivity index (χ1n) is 7.13. The number of benzene rings is 2. The SMILES string of the molecule is CN=C(NCc1ccc(OC)cc1)NCc1cc(Br)ccc1F.I. The number of ether oxygens (including phenoxy) is 1. The molecule has 24 heavy (non-hydrogen) atoms. The summed E-state index contributed by atoms with van der Waals surface area (Å²) in [4.78, 5) is 4.14. The molecule has 0 radical (unpaired) electrons. The highest BCUT2D eigenvalue weighted by Gasteiger charge is 2.04. The zero-order valence-electron chi connectivity index (χ0n) is 13.5. The number of halogens is 3. The summed E-state index contributed by atoms with van der Waals surface area (Å²) in [5.41, 5.74) is 1.68. The first-order chi connectivity index (χ1) is 11.1. The molecule has 0 aromatic heterocycles. The molecule has 0 saturated heterocycles. The van der Waals surface area contributed by atoms with Gasteiger partial charge in [0.25, 0.3) is 0 Å². The predicted molar refractivity (Wildman–Crippen MR) is 110 cm³/mol. The molecule has 0 bridgehead atoms. The van der Waals surface area contributed by atoms with Gasteiger partial charge in [-0.3, -0.25) is 4.99 Å². The van der Waals surface area contributed by atoms with Crippen molar-refractivity contribution in [3.05, 3.63) is 63.9 Å². The van der Waals surface area contributed by atoms with Crippen molar-refractivity contribution in [3.63, 3.8) is 0 Å². The van der Waals surface area contributed by atoms with E-state index in [1.165, 1.54) is 6.07 Å². The minimum atomic E-state index is -0.244. The zero-order valence-corrected chi connectivity index (χ0v) is 17.4. The molecule has 0 heterocycles. The molecule has 2 aromatic rings. The van der Waals surface area contributed by atoms with Crippen molar-refractivity contribution in [2.75, 3.05) is 14.2 Å². The van der Waals surface area contributed by atoms with Crippen LogP contribution in [0.25, 0.3) is 0 Å². The van der Waals surface area contributed by atoms with Gasteiger partial charge in [0.2, 0.25) is 0 Å². The maximum atomic E-state index is 13.7. The second kappa shape index (κ2) is 10.5. The molecule has 2 aromatic carbocycles. The largest absolute Gasteiger partial charge is 0.497 e. The number of aliphatic imine (C=N–C) groups is 1. The highest BCUT2D eigenvalue weighted by Crippen LogP contribution is 2.15. The van der Waals surface area contributed by atoms with Crippen molar-refractivity contribution in [2.24, 2.45) is 4.99 Å². The van der Waals surface area contributed by atoms with Crippen LogP contribution in [0.1, 0.15) is 11.1 Å². The molecule has 0 fully saturated rings. The first-order valence-corrected chi connectivity index (χ1v) is 7.93. The Labute approximate surface area is 167 Å². The molecule has 0 amide bonds. The second-order valence-electron chi connectivity index (χ2n) is 4.86. The lowest BCUT2D eigenvalue weighted by Crippen LogP contribution is -2.36. The molecule has 0 aliphatic rings. The van der Waals surface area contributed by atoms with E-state index >= 15 is 0 Å². The highest BCUT2D eigenvalue weighted by molar-refractivity contribution is 14.0. The van der Waals surface area contributed by atoms with Gasteiger partial charge in [-0.25, -0.2) is 4.39 Å². The number of rotatable bonds is 5. The van der Waals surface area contributed by atoms with Gasteiger partial charge in [0.15, 0.2) is 5.96 Å². The van der Waals surface area contributed by atoms with Crippen LogP contribution in [0, 0.1) is 5.82 Å². The van der Waals surface area contributed by atoms with Gasteiger partial charge in [-0.05, 0) is 35.9 Å². The van der Waals surface area contributed by atoms with Crippen molar-refractivity contribution < 1.29 is 9.13 Å². The van der Waals surface area contributed by atoms with E-state index in [1.54, 1.807) is 26.3 Å². The van der Waals surface area contributed by atoms with Crippen LogP contribution in [0.2, 0.25) is 0 Å². The van der Waals surface area contributed by atoms with Gasteiger partial charge in [0.05, 0.1) is 7.11 Å². The Kier molecular flexibility index (Phi) is 9.05. The monoisotopic (exact) mass is 507 g/mol. The average molecular weight is 508 g/mol. The summed E-state index contributed by atoms with van der Waals surface area (Å²) >= 11 is 3.34. The normalized spacial score (nSPS) is 10.8. The number of nitrogens with zero attached hydrogens (tertiary/aromatic N) is 1. The number of hydrogen-bond donors (Lipinski definition) is 2. The van der Waals surface area contributed by atoms with Crippen molar-refractivity contribution in [2.45, 2.75) is 13.1 Å². The minimum absolute atomic E-state index is 0. The summed E-state index contributed by atoms with van der Waals surface area (Å²) in [6, 6.07) is 12.6. The molecule has 0 saturated carbocycles. The molecule has 2 rings (SSSR count). The molecular weight excluding hydrogens is 488 g/mol. The third-order valence-electron chi connectivity index (χ3n) is 3.30. The summed E-state index contributed by atoms with van der Waals surface area (Å²) in [5, 5.41) is 6.29. The first kappa shape index (κ1) is 20.7. The number of guanidine groups is 1. The Hall–Kier alpha value is -1.35. The minimum Gasteiger partial charge on any atom is -0.497 e. The van der Waals surface area contributed by atoms with Crippen LogP contribution in [0.3, 0.4) is 0 Å². The summed E-state index contributed by atoms with van der Waals surface area (Å²) in [5.74, 6) is 1.19. The van der Waals surface area contributed by atoms with Crippen LogP contribution < -0.4 is 15.4 Å². The zero-order chi connectivity index (χ0) is 16.7. The lowest BCUT2D eigenvalue weighted by molar-refractivity contribution is 0.414. The fourth-order valence-electron chi connectivity index (χ4n) is 2.01. The Morgan fingerprint density at radius 2 is 1.79 bits per heavy atom. The van der Waals surface area contributed by atoms with Gasteiger partial charge in [-0.2, -0.15) is 0 Å². The summed E-state index contributed by atoms with van der Waals surface area (Å²) in [6.45, 7) is 0.970. The lowest BCUT2D eigenvalue weighted by Gasteiger charge is -2.13. The molecule has 0 atom stereocenters. The maximum Gasteiger partial charge on any atom is 0.191 e. The van der Waals surface area contributed by atoms with Crippen LogP contribution in [0.15, 0.2) is 51.9 Å². The molecule has 0 aliphatic heterocycles. The second-order valence-corrected chi connectivity index (χ2v) is 5.78. The van der Waals surface area contributed by atoms with E-state index in [4.69, 9.17) is 4.74 Å². The van der Waals surface area contributed by atoms with Crippen molar-refractivity contribution in [3.8, 4) is 5.75 Å². The topological polar surface area (TPSA) is 45.7 Å². The Morgan fingerprint density at radius 3 is 2.42 bits per heavy atom. The molecular formula is C17H20BrFIN3O. The van der Waals surface area contributed by atoms with E-state index in [-0.39, 0.29) is 29.8 Å². The molecule has 4 nitrogen and oxygen atoms in total. The van der Waals surface area contributed by atoms with Crippen molar-refractivity contribution in [1.29, 1.82) is 0 Å². The van der Waals surface area contributed by atoms with Gasteiger partial charge in [0.1, 0.15) is 11.6 Å². The highest BCUT2D eigenvalue weighted by atomic mass is 127. The molecule has 0 aliphatic carbocycles. The maximum absolute atomic E-state index is 13.7. The number of hydrogen-bond acceptors (Lipinski definition) is 2. The quantitative estimate of drug-likeness (QED) is 0.364. The van der Waals surface area contributed by atoms with Crippen LogP contribution in [-0.2, 0) is 13.1 Å². The van der Waals surface area contributed by atoms with Crippen LogP contribution in [0.4, 0.5) is 4.39 Å². The van der Waals surface area contributed by atoms with Crippen LogP contribution in [-0.4, -0.2) is 20.1 Å². The number of methoxy groups -OCH3 is 1. The summed E-state index contributed by atoms with van der Waals surface area (Å²) in [6.07, 6.45) is 0. The molecule has 130 valence electrons. The molecule has 2 N–H and O–H groups in total. The van der Waals surface area contributed by atoms with E-state index in [1.807, 2.05) is 24.3 Å². The van der Waals surface area contributed by atoms with E-state index in [9.17, 15) is 4.39 Å². The Balaban J connectivity index is 0.00000288. The van der Waals surface area contributed by atoms with Crippen molar-refractivity contribution in [1.82, 2.24) is 10.6 Å². The van der Waals surface area contributed by atoms with E-state index in [0.717, 1.165) is 15.8 Å². The lowest BCUT2D eigenvalue weighted by atomic mass is 10.2. The standard InChI is InChI=1S/C17H19BrFN3O.HI/c1-20-17(21-10-12-3-6-15(23-2)7-4-12)22-11-13-9-14(18)5-8-16(13)19;/h3-9H,10-11H2,1-2H3,(H2,20,21,22);1H. The van der Waals surface area contributed by atoms with Gasteiger partial charge in [0, 0.05) is 30.2 Å². The van der Waals surface area contributed by atoms with Crippen molar-refractivity contribution >= 4 is 45.9 Å². The summed E-state index contributed by atoms with van der Waals surface area (Å²) in [7, 11) is 3.32. The van der Waals surface area contributed by atoms with Gasteiger partial charge in [-0.15, -0.1) is 24.0 Å². The molecule has 7 heteroatoms. The third kappa shape index (κ3) is 6.27. The van der Waals surface area contributed by atoms with E-state index in [2.05, 4.69) is 31.6 Å². The smallest absolute Gasteiger partial charge is 0.191 e. The fraction of sp³-hybridized carbons (Fsp3) is 0.235. The third-order valence-corrected chi connectivity index (χ3v) is 3.79. The number of nitrogens with one attached hydrogen (secondary N) is 2. The molecule has 0 spiro atoms. The van der Waals surface area contributed by atoms with Gasteiger partial charge in [-0.1, -0.05) is 28.1 Å². The van der Waals surface area contributed by atoms with Crippen LogP contribution in [0.5, 0.6) is 5.75 Å². The van der Waals surface area contributed by atoms with Crippen LogP contribution >= 0.6 is 39.9 Å². The summed E-state index contributed by atoms with van der Waals surface area (Å²) < 4.78 is 19.7.